The molecule has 21 heavy (non-hydrogen) atoms. The Bertz CT molecular complexity index is 859. The number of rotatable bonds is 2. The van der Waals surface area contributed by atoms with Crippen molar-refractivity contribution in [2.45, 2.75) is 0 Å². The van der Waals surface area contributed by atoms with Crippen LogP contribution in [0.3, 0.4) is 0 Å². The van der Waals surface area contributed by atoms with Gasteiger partial charge in [-0.1, -0.05) is 40.2 Å². The number of fused-ring (bicyclic) bond motifs is 1. The minimum absolute atomic E-state index is 0.0297. The maximum absolute atomic E-state index is 12.7. The van der Waals surface area contributed by atoms with Gasteiger partial charge < -0.3 is 5.73 Å². The van der Waals surface area contributed by atoms with E-state index in [-0.39, 0.29) is 5.78 Å². The molecule has 0 aliphatic rings. The van der Waals surface area contributed by atoms with Gasteiger partial charge in [0.1, 0.15) is 0 Å². The summed E-state index contributed by atoms with van der Waals surface area (Å²) in [4.78, 5) is 12.7. The Kier molecular flexibility index (Phi) is 3.83. The van der Waals surface area contributed by atoms with Crippen LogP contribution in [-0.4, -0.2) is 5.78 Å². The Morgan fingerprint density at radius 1 is 0.857 bits per heavy atom. The summed E-state index contributed by atoms with van der Waals surface area (Å²) < 4.78 is 1.77. The molecule has 0 aliphatic carbocycles. The van der Waals surface area contributed by atoms with Crippen molar-refractivity contribution >= 4 is 54.1 Å². The number of ketones is 1. The molecule has 2 N–H and O–H groups in total. The second-order valence-electron chi connectivity index (χ2n) is 4.71. The molecule has 3 aromatic rings. The summed E-state index contributed by atoms with van der Waals surface area (Å²) >= 11 is 6.86. The van der Waals surface area contributed by atoms with Crippen molar-refractivity contribution in [3.63, 3.8) is 0 Å². The lowest BCUT2D eigenvalue weighted by Crippen LogP contribution is -2.03. The van der Waals surface area contributed by atoms with Crippen molar-refractivity contribution in [2.75, 3.05) is 5.73 Å². The van der Waals surface area contributed by atoms with E-state index in [1.807, 2.05) is 36.4 Å². The molecule has 0 heterocycles. The summed E-state index contributed by atoms with van der Waals surface area (Å²) in [6, 6.07) is 16.8. The molecular formula is C17H11Br2NO. The molecule has 2 nitrogen and oxygen atoms in total. The molecule has 0 atom stereocenters. The van der Waals surface area contributed by atoms with Gasteiger partial charge in [-0.3, -0.25) is 4.79 Å². The second-order valence-corrected chi connectivity index (χ2v) is 6.41. The highest BCUT2D eigenvalue weighted by atomic mass is 79.9. The third kappa shape index (κ3) is 2.61. The predicted molar refractivity (Wildman–Crippen MR) is 93.6 cm³/mol. The summed E-state index contributed by atoms with van der Waals surface area (Å²) in [7, 11) is 0. The standard InChI is InChI=1S/C17H11Br2NO/c18-14-8-6-13(11-3-1-2-4-12(11)14)17(21)10-5-7-15(19)16(20)9-10/h1-9H,20H2. The highest BCUT2D eigenvalue weighted by molar-refractivity contribution is 9.11. The van der Waals surface area contributed by atoms with Gasteiger partial charge in [-0.05, 0) is 57.0 Å². The van der Waals surface area contributed by atoms with Gasteiger partial charge >= 0.3 is 0 Å². The SMILES string of the molecule is Nc1cc(C(=O)c2ccc(Br)c3ccccc23)ccc1Br. The van der Waals surface area contributed by atoms with Gasteiger partial charge in [0, 0.05) is 25.8 Å². The molecule has 3 rings (SSSR count). The van der Waals surface area contributed by atoms with Crippen molar-refractivity contribution in [3.8, 4) is 0 Å². The molecule has 0 unspecified atom stereocenters. The van der Waals surface area contributed by atoms with E-state index in [9.17, 15) is 4.79 Å². The zero-order chi connectivity index (χ0) is 15.0. The largest absolute Gasteiger partial charge is 0.398 e. The van der Waals surface area contributed by atoms with E-state index in [0.717, 1.165) is 19.7 Å². The fourth-order valence-corrected chi connectivity index (χ4v) is 3.03. The molecule has 3 aromatic carbocycles. The van der Waals surface area contributed by atoms with E-state index in [2.05, 4.69) is 31.9 Å². The maximum Gasteiger partial charge on any atom is 0.193 e. The van der Waals surface area contributed by atoms with Gasteiger partial charge in [0.05, 0.1) is 0 Å². The third-order valence-corrected chi connectivity index (χ3v) is 4.79. The highest BCUT2D eigenvalue weighted by Gasteiger charge is 2.14. The monoisotopic (exact) mass is 403 g/mol. The van der Waals surface area contributed by atoms with E-state index in [1.165, 1.54) is 0 Å². The lowest BCUT2D eigenvalue weighted by Gasteiger charge is -2.08. The van der Waals surface area contributed by atoms with E-state index in [0.29, 0.717) is 16.8 Å². The van der Waals surface area contributed by atoms with E-state index in [4.69, 9.17) is 5.73 Å². The molecular weight excluding hydrogens is 394 g/mol. The average molecular weight is 405 g/mol. The van der Waals surface area contributed by atoms with Crippen LogP contribution in [0.25, 0.3) is 10.8 Å². The molecule has 0 amide bonds. The molecule has 0 spiro atoms. The van der Waals surface area contributed by atoms with Gasteiger partial charge in [0.2, 0.25) is 0 Å². The molecule has 0 fully saturated rings. The van der Waals surface area contributed by atoms with Crippen LogP contribution in [0.5, 0.6) is 0 Å². The van der Waals surface area contributed by atoms with Gasteiger partial charge in [-0.25, -0.2) is 0 Å². The first-order valence-electron chi connectivity index (χ1n) is 6.35. The average Bonchev–Trinajstić information content (AvgIpc) is 2.50. The number of halogens is 2. The van der Waals surface area contributed by atoms with Crippen LogP contribution in [-0.2, 0) is 0 Å². The molecule has 104 valence electrons. The van der Waals surface area contributed by atoms with Crippen LogP contribution in [0.2, 0.25) is 0 Å². The first-order valence-corrected chi connectivity index (χ1v) is 7.93. The smallest absolute Gasteiger partial charge is 0.193 e. The summed E-state index contributed by atoms with van der Waals surface area (Å²) in [5.41, 5.74) is 7.69. The van der Waals surface area contributed by atoms with E-state index in [1.54, 1.807) is 18.2 Å². The molecule has 0 bridgehead atoms. The number of hydrogen-bond donors (Lipinski definition) is 1. The van der Waals surface area contributed by atoms with Gasteiger partial charge in [-0.2, -0.15) is 0 Å². The van der Waals surface area contributed by atoms with E-state index < -0.39 is 0 Å². The lowest BCUT2D eigenvalue weighted by molar-refractivity contribution is 0.104. The van der Waals surface area contributed by atoms with Crippen LogP contribution < -0.4 is 5.73 Å². The fraction of sp³-hybridized carbons (Fsp3) is 0. The van der Waals surface area contributed by atoms with Crippen molar-refractivity contribution in [2.24, 2.45) is 0 Å². The number of nitrogens with two attached hydrogens (primary N) is 1. The van der Waals surface area contributed by atoms with Crippen LogP contribution >= 0.6 is 31.9 Å². The number of nitrogen functional groups attached to an aromatic ring is 1. The normalized spacial score (nSPS) is 10.8. The van der Waals surface area contributed by atoms with Crippen LogP contribution in [0.15, 0.2) is 63.5 Å². The van der Waals surface area contributed by atoms with Crippen molar-refractivity contribution in [1.82, 2.24) is 0 Å². The quantitative estimate of drug-likeness (QED) is 0.472. The number of benzene rings is 3. The van der Waals surface area contributed by atoms with Crippen LogP contribution in [0.4, 0.5) is 5.69 Å². The molecule has 0 radical (unpaired) electrons. The Hall–Kier alpha value is -1.65. The summed E-state index contributed by atoms with van der Waals surface area (Å²) in [5, 5.41) is 1.95. The highest BCUT2D eigenvalue weighted by Crippen LogP contribution is 2.29. The molecule has 4 heteroatoms. The van der Waals surface area contributed by atoms with Crippen LogP contribution in [0.1, 0.15) is 15.9 Å². The van der Waals surface area contributed by atoms with Gasteiger partial charge in [0.25, 0.3) is 0 Å². The maximum atomic E-state index is 12.7. The van der Waals surface area contributed by atoms with E-state index >= 15 is 0 Å². The Morgan fingerprint density at radius 3 is 2.24 bits per heavy atom. The summed E-state index contributed by atoms with van der Waals surface area (Å²) in [6.45, 7) is 0. The number of anilines is 1. The summed E-state index contributed by atoms with van der Waals surface area (Å²) in [5.74, 6) is -0.0297. The number of hydrogen-bond acceptors (Lipinski definition) is 2. The predicted octanol–water partition coefficient (Wildman–Crippen LogP) is 5.18. The fourth-order valence-electron chi connectivity index (χ4n) is 2.30. The second kappa shape index (κ2) is 5.62. The topological polar surface area (TPSA) is 43.1 Å². The first-order chi connectivity index (χ1) is 10.1. The third-order valence-electron chi connectivity index (χ3n) is 3.37. The molecule has 0 saturated heterocycles. The molecule has 0 aliphatic heterocycles. The zero-order valence-electron chi connectivity index (χ0n) is 10.9. The minimum Gasteiger partial charge on any atom is -0.398 e. The first kappa shape index (κ1) is 14.3. The zero-order valence-corrected chi connectivity index (χ0v) is 14.1. The van der Waals surface area contributed by atoms with Gasteiger partial charge in [0.15, 0.2) is 5.78 Å². The Morgan fingerprint density at radius 2 is 1.52 bits per heavy atom. The van der Waals surface area contributed by atoms with Crippen molar-refractivity contribution in [1.29, 1.82) is 0 Å². The van der Waals surface area contributed by atoms with Crippen molar-refractivity contribution < 1.29 is 4.79 Å². The van der Waals surface area contributed by atoms with Gasteiger partial charge in [-0.15, -0.1) is 0 Å². The Labute approximate surface area is 139 Å². The lowest BCUT2D eigenvalue weighted by atomic mass is 9.97. The van der Waals surface area contributed by atoms with Crippen LogP contribution in [0, 0.1) is 0 Å². The van der Waals surface area contributed by atoms with Crippen molar-refractivity contribution in [3.05, 3.63) is 74.7 Å². The Balaban J connectivity index is 2.18. The number of carbonyl (C=O) groups excluding carboxylic acids is 1. The summed E-state index contributed by atoms with van der Waals surface area (Å²) in [6.07, 6.45) is 0. The molecule has 0 aromatic heterocycles. The molecule has 0 saturated carbocycles. The minimum atomic E-state index is -0.0297. The number of carbonyl (C=O) groups is 1.